The van der Waals surface area contributed by atoms with E-state index in [2.05, 4.69) is 20.8 Å². The molecule has 8 heteroatoms. The van der Waals surface area contributed by atoms with Gasteiger partial charge in [0, 0.05) is 32.3 Å². The molecule has 2 N–H and O–H groups in total. The van der Waals surface area contributed by atoms with E-state index in [-0.39, 0.29) is 30.8 Å². The molecule has 2 amide bonds. The zero-order chi connectivity index (χ0) is 17.9. The number of hydrogen-bond acceptors (Lipinski definition) is 4. The van der Waals surface area contributed by atoms with Crippen molar-refractivity contribution in [2.45, 2.75) is 40.2 Å². The van der Waals surface area contributed by atoms with Crippen molar-refractivity contribution in [3.8, 4) is 0 Å². The van der Waals surface area contributed by atoms with Crippen molar-refractivity contribution in [2.75, 3.05) is 11.9 Å². The van der Waals surface area contributed by atoms with Gasteiger partial charge in [0.2, 0.25) is 5.91 Å². The summed E-state index contributed by atoms with van der Waals surface area (Å²) in [4.78, 5) is 24.0. The Balaban J connectivity index is 1.88. The highest BCUT2D eigenvalue weighted by atomic mass is 16.2. The number of anilines is 1. The van der Waals surface area contributed by atoms with Gasteiger partial charge in [-0.3, -0.25) is 19.0 Å². The molecule has 0 fully saturated rings. The van der Waals surface area contributed by atoms with Crippen LogP contribution in [0.4, 0.5) is 5.69 Å². The minimum absolute atomic E-state index is 0.158. The van der Waals surface area contributed by atoms with Crippen LogP contribution in [0.1, 0.15) is 48.2 Å². The molecular formula is C16H24N6O2. The Morgan fingerprint density at radius 2 is 2.00 bits per heavy atom. The highest BCUT2D eigenvalue weighted by molar-refractivity contribution is 5.94. The lowest BCUT2D eigenvalue weighted by Crippen LogP contribution is -2.29. The Morgan fingerprint density at radius 3 is 2.54 bits per heavy atom. The van der Waals surface area contributed by atoms with Gasteiger partial charge >= 0.3 is 0 Å². The van der Waals surface area contributed by atoms with Crippen LogP contribution in [0.15, 0.2) is 12.3 Å². The standard InChI is InChI=1S/C16H24N6O2/c1-10(2)22-12(4)15(11(3)20-22)19-14(23)7-8-17-16(24)13-6-9-18-21(13)5/h6,9-10H,7-8H2,1-5H3,(H,17,24)(H,19,23). The Hall–Kier alpha value is -2.64. The van der Waals surface area contributed by atoms with Gasteiger partial charge in [0.25, 0.3) is 5.91 Å². The molecule has 0 aliphatic carbocycles. The van der Waals surface area contributed by atoms with E-state index < -0.39 is 0 Å². The molecule has 8 nitrogen and oxygen atoms in total. The third kappa shape index (κ3) is 3.81. The summed E-state index contributed by atoms with van der Waals surface area (Å²) in [6, 6.07) is 1.86. The van der Waals surface area contributed by atoms with Crippen LogP contribution < -0.4 is 10.6 Å². The molecule has 0 radical (unpaired) electrons. The molecule has 0 unspecified atom stereocenters. The summed E-state index contributed by atoms with van der Waals surface area (Å²) < 4.78 is 3.37. The van der Waals surface area contributed by atoms with E-state index in [0.717, 1.165) is 17.1 Å². The molecule has 2 heterocycles. The van der Waals surface area contributed by atoms with E-state index in [1.807, 2.05) is 32.4 Å². The fourth-order valence-corrected chi connectivity index (χ4v) is 2.53. The van der Waals surface area contributed by atoms with Crippen LogP contribution in [0.5, 0.6) is 0 Å². The Kier molecular flexibility index (Phi) is 5.38. The smallest absolute Gasteiger partial charge is 0.269 e. The second-order valence-corrected chi connectivity index (χ2v) is 5.98. The van der Waals surface area contributed by atoms with E-state index in [0.29, 0.717) is 5.69 Å². The fraction of sp³-hybridized carbons (Fsp3) is 0.500. The van der Waals surface area contributed by atoms with Crippen molar-refractivity contribution in [3.05, 3.63) is 29.3 Å². The molecule has 0 aliphatic rings. The maximum atomic E-state index is 12.1. The molecule has 2 aromatic rings. The molecule has 0 spiro atoms. The lowest BCUT2D eigenvalue weighted by Gasteiger charge is -2.10. The number of aromatic nitrogens is 4. The number of nitrogens with zero attached hydrogens (tertiary/aromatic N) is 4. The van der Waals surface area contributed by atoms with Gasteiger partial charge in [-0.2, -0.15) is 10.2 Å². The third-order valence-electron chi connectivity index (χ3n) is 3.77. The Morgan fingerprint density at radius 1 is 1.29 bits per heavy atom. The van der Waals surface area contributed by atoms with Crippen LogP contribution in [0.3, 0.4) is 0 Å². The van der Waals surface area contributed by atoms with Crippen LogP contribution in [0.25, 0.3) is 0 Å². The topological polar surface area (TPSA) is 93.8 Å². The second-order valence-electron chi connectivity index (χ2n) is 5.98. The number of aryl methyl sites for hydroxylation is 2. The summed E-state index contributed by atoms with van der Waals surface area (Å²) in [6.07, 6.45) is 1.74. The summed E-state index contributed by atoms with van der Waals surface area (Å²) in [5, 5.41) is 14.0. The summed E-state index contributed by atoms with van der Waals surface area (Å²) in [5.41, 5.74) is 2.91. The van der Waals surface area contributed by atoms with Gasteiger partial charge in [0.15, 0.2) is 0 Å². The lowest BCUT2D eigenvalue weighted by atomic mass is 10.2. The Labute approximate surface area is 141 Å². The highest BCUT2D eigenvalue weighted by Crippen LogP contribution is 2.22. The van der Waals surface area contributed by atoms with Crippen molar-refractivity contribution in [3.63, 3.8) is 0 Å². The van der Waals surface area contributed by atoms with Gasteiger partial charge in [-0.15, -0.1) is 0 Å². The lowest BCUT2D eigenvalue weighted by molar-refractivity contribution is -0.116. The molecular weight excluding hydrogens is 308 g/mol. The molecule has 0 aromatic carbocycles. The van der Waals surface area contributed by atoms with E-state index >= 15 is 0 Å². The molecule has 2 aromatic heterocycles. The summed E-state index contributed by atoms with van der Waals surface area (Å²) in [5.74, 6) is -0.405. The minimum atomic E-state index is -0.247. The van der Waals surface area contributed by atoms with Crippen LogP contribution in [-0.2, 0) is 11.8 Å². The normalized spacial score (nSPS) is 10.9. The van der Waals surface area contributed by atoms with Crippen molar-refractivity contribution in [2.24, 2.45) is 7.05 Å². The average Bonchev–Trinajstić information content (AvgIpc) is 3.05. The van der Waals surface area contributed by atoms with Gasteiger partial charge in [-0.25, -0.2) is 0 Å². The summed E-state index contributed by atoms with van der Waals surface area (Å²) in [6.45, 7) is 8.13. The molecule has 0 saturated heterocycles. The first-order valence-corrected chi connectivity index (χ1v) is 7.93. The van der Waals surface area contributed by atoms with E-state index in [9.17, 15) is 9.59 Å². The zero-order valence-corrected chi connectivity index (χ0v) is 14.8. The van der Waals surface area contributed by atoms with Crippen molar-refractivity contribution in [1.82, 2.24) is 24.9 Å². The number of carbonyl (C=O) groups excluding carboxylic acids is 2. The predicted octanol–water partition coefficient (Wildman–Crippen LogP) is 1.57. The number of amides is 2. The zero-order valence-electron chi connectivity index (χ0n) is 14.8. The number of carbonyl (C=O) groups is 2. The van der Waals surface area contributed by atoms with Gasteiger partial charge in [-0.05, 0) is 33.8 Å². The van der Waals surface area contributed by atoms with E-state index in [1.165, 1.54) is 4.68 Å². The molecule has 0 atom stereocenters. The van der Waals surface area contributed by atoms with Crippen molar-refractivity contribution < 1.29 is 9.59 Å². The maximum Gasteiger partial charge on any atom is 0.269 e. The first-order chi connectivity index (χ1) is 11.3. The number of hydrogen-bond donors (Lipinski definition) is 2. The van der Waals surface area contributed by atoms with Crippen LogP contribution >= 0.6 is 0 Å². The first kappa shape index (κ1) is 17.7. The molecule has 130 valence electrons. The summed E-state index contributed by atoms with van der Waals surface area (Å²) in [7, 11) is 1.69. The van der Waals surface area contributed by atoms with E-state index in [4.69, 9.17) is 0 Å². The Bertz CT molecular complexity index is 744. The predicted molar refractivity (Wildman–Crippen MR) is 90.9 cm³/mol. The van der Waals surface area contributed by atoms with Gasteiger partial charge in [0.1, 0.15) is 5.69 Å². The minimum Gasteiger partial charge on any atom is -0.350 e. The van der Waals surface area contributed by atoms with Crippen LogP contribution in [-0.4, -0.2) is 37.9 Å². The van der Waals surface area contributed by atoms with Crippen molar-refractivity contribution in [1.29, 1.82) is 0 Å². The summed E-state index contributed by atoms with van der Waals surface area (Å²) >= 11 is 0. The second kappa shape index (κ2) is 7.29. The average molecular weight is 332 g/mol. The first-order valence-electron chi connectivity index (χ1n) is 7.93. The van der Waals surface area contributed by atoms with E-state index in [1.54, 1.807) is 19.3 Å². The van der Waals surface area contributed by atoms with Crippen molar-refractivity contribution >= 4 is 17.5 Å². The largest absolute Gasteiger partial charge is 0.350 e. The monoisotopic (exact) mass is 332 g/mol. The fourth-order valence-electron chi connectivity index (χ4n) is 2.53. The quantitative estimate of drug-likeness (QED) is 0.839. The van der Waals surface area contributed by atoms with Gasteiger partial charge in [0.05, 0.1) is 17.1 Å². The van der Waals surface area contributed by atoms with Crippen LogP contribution in [0.2, 0.25) is 0 Å². The van der Waals surface area contributed by atoms with Gasteiger partial charge < -0.3 is 10.6 Å². The molecule has 0 bridgehead atoms. The molecule has 2 rings (SSSR count). The maximum absolute atomic E-state index is 12.1. The molecule has 0 saturated carbocycles. The van der Waals surface area contributed by atoms with Crippen LogP contribution in [0, 0.1) is 13.8 Å². The SMILES string of the molecule is Cc1nn(C(C)C)c(C)c1NC(=O)CCNC(=O)c1ccnn1C. The molecule has 0 aliphatic heterocycles. The highest BCUT2D eigenvalue weighted by Gasteiger charge is 2.16. The third-order valence-corrected chi connectivity index (χ3v) is 3.77. The number of nitrogens with one attached hydrogen (secondary N) is 2. The number of rotatable bonds is 6. The molecule has 24 heavy (non-hydrogen) atoms. The van der Waals surface area contributed by atoms with Gasteiger partial charge in [-0.1, -0.05) is 0 Å².